The van der Waals surface area contributed by atoms with Crippen molar-refractivity contribution in [1.82, 2.24) is 14.9 Å². The topological polar surface area (TPSA) is 87.6 Å². The van der Waals surface area contributed by atoms with Gasteiger partial charge in [0.05, 0.1) is 23.9 Å². The van der Waals surface area contributed by atoms with Crippen LogP contribution >= 0.6 is 0 Å². The van der Waals surface area contributed by atoms with E-state index in [0.717, 1.165) is 60.4 Å². The first-order chi connectivity index (χ1) is 18.2. The summed E-state index contributed by atoms with van der Waals surface area (Å²) in [7, 11) is 0. The Balaban J connectivity index is 1.04. The van der Waals surface area contributed by atoms with E-state index in [2.05, 4.69) is 15.3 Å². The Labute approximate surface area is 219 Å². The molecule has 4 bridgehead atoms. The number of alkyl halides is 3. The van der Waals surface area contributed by atoms with E-state index in [1.54, 1.807) is 4.90 Å². The van der Waals surface area contributed by atoms with Crippen LogP contribution < -0.4 is 10.1 Å². The Hall–Kier alpha value is -2.88. The summed E-state index contributed by atoms with van der Waals surface area (Å²) in [5.74, 6) is 2.97. The molecule has 10 heteroatoms. The predicted molar refractivity (Wildman–Crippen MR) is 133 cm³/mol. The molecular formula is C28H33F3N4O3. The quantitative estimate of drug-likeness (QED) is 0.550. The Morgan fingerprint density at radius 2 is 1.76 bits per heavy atom. The maximum absolute atomic E-state index is 12.7. The third-order valence-electron chi connectivity index (χ3n) is 9.16. The highest BCUT2D eigenvalue weighted by Gasteiger charge is 2.53. The van der Waals surface area contributed by atoms with Gasteiger partial charge < -0.3 is 20.1 Å². The second-order valence-corrected chi connectivity index (χ2v) is 11.7. The predicted octanol–water partition coefficient (Wildman–Crippen LogP) is 4.45. The molecule has 38 heavy (non-hydrogen) atoms. The largest absolute Gasteiger partial charge is 0.484 e. The molecule has 1 aromatic carbocycles. The van der Waals surface area contributed by atoms with E-state index >= 15 is 0 Å². The molecular weight excluding hydrogens is 497 g/mol. The highest BCUT2D eigenvalue weighted by Crippen LogP contribution is 2.61. The Morgan fingerprint density at radius 1 is 1.11 bits per heavy atom. The molecule has 1 atom stereocenters. The molecule has 7 nitrogen and oxygen atoms in total. The molecule has 204 valence electrons. The van der Waals surface area contributed by atoms with E-state index in [4.69, 9.17) is 4.74 Å². The number of hydrogen-bond acceptors (Lipinski definition) is 6. The van der Waals surface area contributed by atoms with Crippen LogP contribution in [0.5, 0.6) is 5.75 Å². The van der Waals surface area contributed by atoms with Crippen LogP contribution in [0.15, 0.2) is 30.6 Å². The number of aliphatic hydroxyl groups excluding tert-OH is 1. The Morgan fingerprint density at radius 3 is 2.39 bits per heavy atom. The second kappa shape index (κ2) is 9.70. The van der Waals surface area contributed by atoms with Crippen molar-refractivity contribution in [2.24, 2.45) is 23.2 Å². The summed E-state index contributed by atoms with van der Waals surface area (Å²) in [6.45, 7) is 0.953. The number of halogens is 3. The van der Waals surface area contributed by atoms with Gasteiger partial charge in [-0.05, 0) is 92.4 Å². The minimum atomic E-state index is -4.42. The molecule has 5 aliphatic rings. The van der Waals surface area contributed by atoms with Gasteiger partial charge in [0.25, 0.3) is 5.91 Å². The number of amides is 1. The molecule has 2 heterocycles. The number of carbonyl (C=O) groups excluding carboxylic acids is 1. The molecule has 4 fully saturated rings. The summed E-state index contributed by atoms with van der Waals surface area (Å²) in [6, 6.07) is 4.29. The van der Waals surface area contributed by atoms with Crippen molar-refractivity contribution in [3.05, 3.63) is 47.4 Å². The number of hydrogen-bond donors (Lipinski definition) is 2. The second-order valence-electron chi connectivity index (χ2n) is 11.7. The lowest BCUT2D eigenvalue weighted by Gasteiger charge is -2.58. The van der Waals surface area contributed by atoms with E-state index < -0.39 is 17.8 Å². The number of anilines is 1. The summed E-state index contributed by atoms with van der Waals surface area (Å²) in [5, 5.41) is 14.7. The van der Waals surface area contributed by atoms with E-state index in [1.807, 2.05) is 0 Å². The molecule has 2 aromatic rings. The summed E-state index contributed by atoms with van der Waals surface area (Å²) < 4.78 is 43.6. The van der Waals surface area contributed by atoms with Crippen molar-refractivity contribution >= 4 is 11.7 Å². The van der Waals surface area contributed by atoms with Crippen LogP contribution in [0.2, 0.25) is 0 Å². The van der Waals surface area contributed by atoms with Crippen LogP contribution in [0.25, 0.3) is 0 Å². The number of benzene rings is 1. The van der Waals surface area contributed by atoms with Gasteiger partial charge >= 0.3 is 6.18 Å². The average molecular weight is 531 g/mol. The lowest BCUT2D eigenvalue weighted by atomic mass is 9.48. The number of nitrogens with one attached hydrogen (secondary N) is 1. The number of nitrogens with zero attached hydrogens (tertiary/aromatic N) is 3. The fourth-order valence-corrected chi connectivity index (χ4v) is 7.69. The third-order valence-corrected chi connectivity index (χ3v) is 9.16. The summed E-state index contributed by atoms with van der Waals surface area (Å²) in [5.41, 5.74) is 0.975. The lowest BCUT2D eigenvalue weighted by Crippen LogP contribution is -2.53. The Bertz CT molecular complexity index is 1150. The van der Waals surface area contributed by atoms with Crippen LogP contribution in [0.4, 0.5) is 19.0 Å². The monoisotopic (exact) mass is 530 g/mol. The highest BCUT2D eigenvalue weighted by molar-refractivity contribution is 5.78. The zero-order valence-corrected chi connectivity index (χ0v) is 21.2. The van der Waals surface area contributed by atoms with Gasteiger partial charge in [0.1, 0.15) is 17.9 Å². The number of aromatic nitrogens is 2. The van der Waals surface area contributed by atoms with Crippen molar-refractivity contribution < 1.29 is 27.8 Å². The van der Waals surface area contributed by atoms with Crippen LogP contribution in [0.1, 0.15) is 55.3 Å². The smallest absolute Gasteiger partial charge is 0.416 e. The number of carbonyl (C=O) groups is 1. The molecule has 1 amide bonds. The van der Waals surface area contributed by atoms with Crippen LogP contribution in [-0.4, -0.2) is 51.7 Å². The lowest BCUT2D eigenvalue weighted by molar-refractivity contribution is -0.138. The normalized spacial score (nSPS) is 28.6. The molecule has 4 aliphatic carbocycles. The molecule has 0 saturated heterocycles. The first-order valence-corrected chi connectivity index (χ1v) is 13.5. The maximum atomic E-state index is 12.7. The van der Waals surface area contributed by atoms with Gasteiger partial charge in [0, 0.05) is 18.7 Å². The summed E-state index contributed by atoms with van der Waals surface area (Å²) >= 11 is 0. The molecule has 1 unspecified atom stereocenters. The number of aliphatic hydroxyl groups is 1. The third kappa shape index (κ3) is 4.95. The number of rotatable bonds is 7. The van der Waals surface area contributed by atoms with Crippen molar-refractivity contribution in [2.75, 3.05) is 25.0 Å². The minimum Gasteiger partial charge on any atom is -0.484 e. The fourth-order valence-electron chi connectivity index (χ4n) is 7.69. The first kappa shape index (κ1) is 25.4. The van der Waals surface area contributed by atoms with Crippen molar-refractivity contribution in [2.45, 2.75) is 63.8 Å². The van der Waals surface area contributed by atoms with Gasteiger partial charge in [-0.25, -0.2) is 9.97 Å². The van der Waals surface area contributed by atoms with Gasteiger partial charge in [-0.1, -0.05) is 0 Å². The van der Waals surface area contributed by atoms with Gasteiger partial charge in [-0.2, -0.15) is 13.2 Å². The SMILES string of the molecule is O=C(COc1ccc(C(F)(F)F)cc1)N1CCc2c(ncnc2NCC(O)C23CC4CC(CC(C4)C2)C3)C1. The molecule has 1 aromatic heterocycles. The molecule has 0 radical (unpaired) electrons. The molecule has 2 N–H and O–H groups in total. The number of ether oxygens (including phenoxy) is 1. The van der Waals surface area contributed by atoms with Gasteiger partial charge in [-0.3, -0.25) is 4.79 Å². The van der Waals surface area contributed by atoms with Crippen molar-refractivity contribution in [3.63, 3.8) is 0 Å². The zero-order valence-electron chi connectivity index (χ0n) is 21.2. The van der Waals surface area contributed by atoms with E-state index in [9.17, 15) is 23.1 Å². The average Bonchev–Trinajstić information content (AvgIpc) is 2.89. The van der Waals surface area contributed by atoms with Crippen LogP contribution in [0, 0.1) is 23.2 Å². The zero-order chi connectivity index (χ0) is 26.5. The standard InChI is InChI=1S/C28H33F3N4O3/c29-28(30,31)20-1-3-21(4-2-20)38-15-25(37)35-6-5-22-23(14-35)33-16-34-26(22)32-13-24(36)27-10-17-7-18(11-27)9-19(8-17)12-27/h1-4,16-19,24,36H,5-15H2,(H,32,33,34). The molecule has 0 spiro atoms. The number of fused-ring (bicyclic) bond motifs is 1. The fraction of sp³-hybridized carbons (Fsp3) is 0.607. The summed E-state index contributed by atoms with van der Waals surface area (Å²) in [6.07, 6.45) is 4.63. The van der Waals surface area contributed by atoms with Crippen LogP contribution in [0.3, 0.4) is 0 Å². The molecule has 1 aliphatic heterocycles. The Kier molecular flexibility index (Phi) is 6.48. The van der Waals surface area contributed by atoms with E-state index in [-0.39, 0.29) is 23.7 Å². The van der Waals surface area contributed by atoms with E-state index in [0.29, 0.717) is 31.9 Å². The molecule has 7 rings (SSSR count). The highest BCUT2D eigenvalue weighted by atomic mass is 19.4. The van der Waals surface area contributed by atoms with Crippen molar-refractivity contribution in [1.29, 1.82) is 0 Å². The van der Waals surface area contributed by atoms with Crippen molar-refractivity contribution in [3.8, 4) is 5.75 Å². The van der Waals surface area contributed by atoms with E-state index in [1.165, 1.54) is 37.7 Å². The minimum absolute atomic E-state index is 0.0329. The van der Waals surface area contributed by atoms with Gasteiger partial charge in [-0.15, -0.1) is 0 Å². The molecule has 4 saturated carbocycles. The maximum Gasteiger partial charge on any atom is 0.416 e. The first-order valence-electron chi connectivity index (χ1n) is 13.5. The van der Waals surface area contributed by atoms with Crippen LogP contribution in [-0.2, 0) is 23.9 Å². The van der Waals surface area contributed by atoms with Gasteiger partial charge in [0.15, 0.2) is 6.61 Å². The summed E-state index contributed by atoms with van der Waals surface area (Å²) in [4.78, 5) is 23.2. The van der Waals surface area contributed by atoms with Gasteiger partial charge in [0.2, 0.25) is 0 Å².